The van der Waals surface area contributed by atoms with Crippen LogP contribution in [0.1, 0.15) is 32.6 Å². The van der Waals surface area contributed by atoms with Crippen LogP contribution in [0, 0.1) is 0 Å². The van der Waals surface area contributed by atoms with Gasteiger partial charge in [0.1, 0.15) is 0 Å². The van der Waals surface area contributed by atoms with Gasteiger partial charge in [-0.05, 0) is 38.4 Å². The Balaban J connectivity index is 2.75. The lowest BCUT2D eigenvalue weighted by molar-refractivity contribution is -0.143. The maximum atomic E-state index is 12.2. The van der Waals surface area contributed by atoms with Crippen molar-refractivity contribution in [2.75, 3.05) is 6.54 Å². The molecule has 6 heteroatoms. The van der Waals surface area contributed by atoms with Gasteiger partial charge in [-0.15, -0.1) is 10.1 Å². The van der Waals surface area contributed by atoms with Crippen molar-refractivity contribution < 1.29 is 9.59 Å². The van der Waals surface area contributed by atoms with E-state index < -0.39 is 5.91 Å². The standard InChI is InChI=1S/C16H22N4O2/c1-13(2)16(22)20(15(21)11-7-4-8-12-17)19-18-14-9-5-3-6-10-14/h3,5-6,9-10H,1,4,7-8,11-12,17H2,2H3/b19-18+. The van der Waals surface area contributed by atoms with Gasteiger partial charge in [0, 0.05) is 12.0 Å². The first-order valence-electron chi connectivity index (χ1n) is 7.26. The number of carbonyl (C=O) groups excluding carboxylic acids is 2. The Labute approximate surface area is 130 Å². The summed E-state index contributed by atoms with van der Waals surface area (Å²) in [6, 6.07) is 8.91. The Kier molecular flexibility index (Phi) is 7.70. The first-order chi connectivity index (χ1) is 10.6. The third-order valence-electron chi connectivity index (χ3n) is 2.89. The molecule has 0 fully saturated rings. The number of unbranched alkanes of at least 4 members (excludes halogenated alkanes) is 2. The summed E-state index contributed by atoms with van der Waals surface area (Å²) in [4.78, 5) is 24.2. The number of carbonyl (C=O) groups is 2. The van der Waals surface area contributed by atoms with Crippen LogP contribution < -0.4 is 5.73 Å². The molecule has 2 N–H and O–H groups in total. The zero-order chi connectivity index (χ0) is 16.4. The molecule has 0 aromatic heterocycles. The Hall–Kier alpha value is -2.34. The Morgan fingerprint density at radius 3 is 2.45 bits per heavy atom. The average molecular weight is 302 g/mol. The highest BCUT2D eigenvalue weighted by atomic mass is 16.2. The summed E-state index contributed by atoms with van der Waals surface area (Å²) in [6.07, 6.45) is 2.59. The van der Waals surface area contributed by atoms with Crippen molar-refractivity contribution in [2.24, 2.45) is 16.1 Å². The molecule has 0 saturated carbocycles. The fourth-order valence-electron chi connectivity index (χ4n) is 1.68. The van der Waals surface area contributed by atoms with Gasteiger partial charge in [0.05, 0.1) is 5.69 Å². The summed E-state index contributed by atoms with van der Waals surface area (Å²) >= 11 is 0. The second kappa shape index (κ2) is 9.57. The molecule has 0 atom stereocenters. The van der Waals surface area contributed by atoms with Crippen LogP contribution >= 0.6 is 0 Å². The molecule has 0 unspecified atom stereocenters. The van der Waals surface area contributed by atoms with Gasteiger partial charge in [0.25, 0.3) is 11.8 Å². The molecular formula is C16H22N4O2. The second-order valence-electron chi connectivity index (χ2n) is 4.92. The molecule has 1 rings (SSSR count). The van der Waals surface area contributed by atoms with Gasteiger partial charge in [0.15, 0.2) is 0 Å². The number of hydrogen-bond donors (Lipinski definition) is 1. The number of benzene rings is 1. The molecule has 0 heterocycles. The minimum atomic E-state index is -0.538. The van der Waals surface area contributed by atoms with Gasteiger partial charge < -0.3 is 5.73 Å². The van der Waals surface area contributed by atoms with E-state index in [4.69, 9.17) is 5.73 Å². The fourth-order valence-corrected chi connectivity index (χ4v) is 1.68. The molecule has 0 radical (unpaired) electrons. The van der Waals surface area contributed by atoms with E-state index >= 15 is 0 Å². The van der Waals surface area contributed by atoms with Gasteiger partial charge in [-0.3, -0.25) is 9.59 Å². The number of rotatable bonds is 8. The van der Waals surface area contributed by atoms with E-state index in [1.807, 2.05) is 6.07 Å². The van der Waals surface area contributed by atoms with E-state index in [0.29, 0.717) is 18.7 Å². The Bertz CT molecular complexity index is 540. The van der Waals surface area contributed by atoms with Crippen molar-refractivity contribution >= 4 is 17.5 Å². The summed E-state index contributed by atoms with van der Waals surface area (Å²) in [5.74, 6) is -0.923. The highest BCUT2D eigenvalue weighted by Gasteiger charge is 2.21. The van der Waals surface area contributed by atoms with Crippen LogP contribution in [0.3, 0.4) is 0 Å². The molecule has 118 valence electrons. The highest BCUT2D eigenvalue weighted by molar-refractivity contribution is 6.03. The van der Waals surface area contributed by atoms with E-state index in [-0.39, 0.29) is 17.9 Å². The van der Waals surface area contributed by atoms with Crippen LogP contribution in [-0.2, 0) is 9.59 Å². The van der Waals surface area contributed by atoms with Crippen LogP contribution in [0.4, 0.5) is 5.69 Å². The van der Waals surface area contributed by atoms with Crippen LogP contribution in [0.2, 0.25) is 0 Å². The molecule has 1 aromatic carbocycles. The van der Waals surface area contributed by atoms with Crippen molar-refractivity contribution in [1.82, 2.24) is 5.01 Å². The first kappa shape index (κ1) is 17.7. The lowest BCUT2D eigenvalue weighted by Gasteiger charge is -2.13. The topological polar surface area (TPSA) is 88.1 Å². The van der Waals surface area contributed by atoms with Gasteiger partial charge in [-0.2, -0.15) is 0 Å². The summed E-state index contributed by atoms with van der Waals surface area (Å²) in [7, 11) is 0. The van der Waals surface area contributed by atoms with E-state index in [2.05, 4.69) is 16.9 Å². The number of amides is 2. The molecule has 0 aliphatic carbocycles. The van der Waals surface area contributed by atoms with Crippen LogP contribution in [0.5, 0.6) is 0 Å². The summed E-state index contributed by atoms with van der Waals surface area (Å²) in [5.41, 5.74) is 6.22. The predicted molar refractivity (Wildman–Crippen MR) is 85.1 cm³/mol. The highest BCUT2D eigenvalue weighted by Crippen LogP contribution is 2.13. The normalized spacial score (nSPS) is 10.6. The van der Waals surface area contributed by atoms with Crippen molar-refractivity contribution in [3.8, 4) is 0 Å². The zero-order valence-corrected chi connectivity index (χ0v) is 12.9. The number of nitrogens with zero attached hydrogens (tertiary/aromatic N) is 3. The Morgan fingerprint density at radius 2 is 1.86 bits per heavy atom. The van der Waals surface area contributed by atoms with Gasteiger partial charge >= 0.3 is 0 Å². The fraction of sp³-hybridized carbons (Fsp3) is 0.375. The number of imide groups is 1. The van der Waals surface area contributed by atoms with Gasteiger partial charge in [-0.25, -0.2) is 0 Å². The van der Waals surface area contributed by atoms with E-state index in [1.54, 1.807) is 24.3 Å². The third kappa shape index (κ3) is 5.97. The predicted octanol–water partition coefficient (Wildman–Crippen LogP) is 3.14. The average Bonchev–Trinajstić information content (AvgIpc) is 2.52. The number of nitrogens with two attached hydrogens (primary N) is 1. The van der Waals surface area contributed by atoms with Crippen LogP contribution in [0.15, 0.2) is 52.8 Å². The molecule has 0 bridgehead atoms. The SMILES string of the molecule is C=C(C)C(=O)N(/N=N/c1ccccc1)C(=O)CCCCCN. The summed E-state index contributed by atoms with van der Waals surface area (Å²) < 4.78 is 0. The van der Waals surface area contributed by atoms with Crippen molar-refractivity contribution in [2.45, 2.75) is 32.6 Å². The smallest absolute Gasteiger partial charge is 0.277 e. The molecule has 0 saturated heterocycles. The minimum Gasteiger partial charge on any atom is -0.330 e. The molecule has 0 aliphatic rings. The number of hydrogen-bond acceptors (Lipinski definition) is 5. The minimum absolute atomic E-state index is 0.229. The van der Waals surface area contributed by atoms with Crippen molar-refractivity contribution in [3.05, 3.63) is 42.5 Å². The lowest BCUT2D eigenvalue weighted by atomic mass is 10.2. The molecule has 0 spiro atoms. The van der Waals surface area contributed by atoms with Crippen molar-refractivity contribution in [3.63, 3.8) is 0 Å². The van der Waals surface area contributed by atoms with Gasteiger partial charge in [0.2, 0.25) is 0 Å². The van der Waals surface area contributed by atoms with E-state index in [9.17, 15) is 9.59 Å². The maximum Gasteiger partial charge on any atom is 0.277 e. The molecule has 6 nitrogen and oxygen atoms in total. The van der Waals surface area contributed by atoms with E-state index in [0.717, 1.165) is 17.9 Å². The third-order valence-corrected chi connectivity index (χ3v) is 2.89. The van der Waals surface area contributed by atoms with Crippen LogP contribution in [-0.4, -0.2) is 23.4 Å². The largest absolute Gasteiger partial charge is 0.330 e. The van der Waals surface area contributed by atoms with Crippen molar-refractivity contribution in [1.29, 1.82) is 0 Å². The monoisotopic (exact) mass is 302 g/mol. The molecule has 0 aliphatic heterocycles. The zero-order valence-electron chi connectivity index (χ0n) is 12.9. The molecule has 1 aromatic rings. The van der Waals surface area contributed by atoms with E-state index in [1.165, 1.54) is 6.92 Å². The van der Waals surface area contributed by atoms with Crippen LogP contribution in [0.25, 0.3) is 0 Å². The first-order valence-corrected chi connectivity index (χ1v) is 7.26. The quantitative estimate of drug-likeness (QED) is 0.346. The molecule has 2 amide bonds. The molecular weight excluding hydrogens is 280 g/mol. The molecule has 22 heavy (non-hydrogen) atoms. The summed E-state index contributed by atoms with van der Waals surface area (Å²) in [5, 5.41) is 8.50. The summed E-state index contributed by atoms with van der Waals surface area (Å²) in [6.45, 7) is 5.69. The van der Waals surface area contributed by atoms with Gasteiger partial charge in [-0.1, -0.05) is 36.4 Å². The lowest BCUT2D eigenvalue weighted by Crippen LogP contribution is -2.32. The second-order valence-corrected chi connectivity index (χ2v) is 4.92. The Morgan fingerprint density at radius 1 is 1.18 bits per heavy atom. The maximum absolute atomic E-state index is 12.2.